The molecular weight excluding hydrogens is 325 g/mol. The van der Waals surface area contributed by atoms with Crippen molar-refractivity contribution < 1.29 is 27.5 Å². The zero-order valence-electron chi connectivity index (χ0n) is 9.80. The van der Waals surface area contributed by atoms with Crippen molar-refractivity contribution in [1.82, 2.24) is 0 Å². The molecule has 0 spiro atoms. The lowest BCUT2D eigenvalue weighted by Crippen LogP contribution is -2.53. The molecule has 0 saturated heterocycles. The Balaban J connectivity index is 2.45. The van der Waals surface area contributed by atoms with Gasteiger partial charge >= 0.3 is 12.0 Å². The highest BCUT2D eigenvalue weighted by atomic mass is 35.5. The number of nitrogens with zero attached hydrogens (tertiary/aromatic N) is 1. The van der Waals surface area contributed by atoms with Crippen LogP contribution >= 0.6 is 23.2 Å². The number of hydrogen-bond acceptors (Lipinski definition) is 3. The predicted octanol–water partition coefficient (Wildman–Crippen LogP) is 3.38. The first-order valence-electron chi connectivity index (χ1n) is 5.23. The Hall–Kier alpha value is -1.05. The molecule has 0 aliphatic carbocycles. The third-order valence-electron chi connectivity index (χ3n) is 2.80. The van der Waals surface area contributed by atoms with Crippen LogP contribution in [-0.4, -0.2) is 28.2 Å². The summed E-state index contributed by atoms with van der Waals surface area (Å²) in [4.78, 5) is 4.00. The maximum absolute atomic E-state index is 13.8. The fourth-order valence-electron chi connectivity index (χ4n) is 1.63. The Kier molecular flexibility index (Phi) is 3.64. The summed E-state index contributed by atoms with van der Waals surface area (Å²) in [5, 5.41) is 10.5. The lowest BCUT2D eigenvalue weighted by Gasteiger charge is -2.25. The number of oxime groups is 1. The molecule has 1 N–H and O–H groups in total. The van der Waals surface area contributed by atoms with Crippen molar-refractivity contribution in [2.45, 2.75) is 24.3 Å². The Morgan fingerprint density at radius 2 is 2.00 bits per heavy atom. The normalized spacial score (nSPS) is 26.4. The van der Waals surface area contributed by atoms with Crippen LogP contribution in [0, 0.1) is 12.7 Å². The summed E-state index contributed by atoms with van der Waals surface area (Å²) in [7, 11) is 0. The van der Waals surface area contributed by atoms with Gasteiger partial charge in [-0.3, -0.25) is 0 Å². The Morgan fingerprint density at radius 3 is 2.50 bits per heavy atom. The van der Waals surface area contributed by atoms with Crippen molar-refractivity contribution in [3.8, 4) is 0 Å². The lowest BCUT2D eigenvalue weighted by molar-refractivity contribution is -0.353. The maximum atomic E-state index is 13.8. The summed E-state index contributed by atoms with van der Waals surface area (Å²) in [5.74, 6) is -4.61. The van der Waals surface area contributed by atoms with Crippen molar-refractivity contribution in [2.75, 3.05) is 0 Å². The average Bonchev–Trinajstić information content (AvgIpc) is 2.62. The standard InChI is InChI=1S/C11H7Cl2F4NO2/c1-4-2-5(7(14)3-6(4)12)8-9(13)10(19,20-18-8)11(15,16)17/h2-3,9,19H,1H3. The van der Waals surface area contributed by atoms with E-state index in [2.05, 4.69) is 9.99 Å². The number of benzene rings is 1. The van der Waals surface area contributed by atoms with E-state index in [0.717, 1.165) is 6.07 Å². The molecule has 2 atom stereocenters. The number of hydrogen-bond donors (Lipinski definition) is 1. The molecule has 20 heavy (non-hydrogen) atoms. The molecule has 0 amide bonds. The first kappa shape index (κ1) is 15.3. The van der Waals surface area contributed by atoms with Crippen LogP contribution < -0.4 is 0 Å². The van der Waals surface area contributed by atoms with Gasteiger partial charge in [0, 0.05) is 10.6 Å². The van der Waals surface area contributed by atoms with Crippen LogP contribution in [0.2, 0.25) is 5.02 Å². The van der Waals surface area contributed by atoms with Crippen LogP contribution in [0.3, 0.4) is 0 Å². The Labute approximate surface area is 120 Å². The number of halogens is 6. The van der Waals surface area contributed by atoms with Gasteiger partial charge in [-0.2, -0.15) is 13.2 Å². The van der Waals surface area contributed by atoms with E-state index < -0.39 is 28.9 Å². The van der Waals surface area contributed by atoms with Crippen LogP contribution in [-0.2, 0) is 4.84 Å². The maximum Gasteiger partial charge on any atom is 0.459 e. The van der Waals surface area contributed by atoms with Crippen LogP contribution in [0.1, 0.15) is 11.1 Å². The molecule has 3 nitrogen and oxygen atoms in total. The zero-order valence-corrected chi connectivity index (χ0v) is 11.3. The molecular formula is C11H7Cl2F4NO2. The second-order valence-electron chi connectivity index (χ2n) is 4.21. The van der Waals surface area contributed by atoms with E-state index in [-0.39, 0.29) is 10.6 Å². The first-order chi connectivity index (χ1) is 9.08. The number of rotatable bonds is 1. The molecule has 2 rings (SSSR count). The van der Waals surface area contributed by atoms with Crippen molar-refractivity contribution >= 4 is 28.9 Å². The van der Waals surface area contributed by atoms with Gasteiger partial charge in [-0.25, -0.2) is 4.39 Å². The molecule has 0 saturated carbocycles. The third-order valence-corrected chi connectivity index (χ3v) is 3.71. The van der Waals surface area contributed by atoms with Crippen molar-refractivity contribution in [2.24, 2.45) is 5.16 Å². The van der Waals surface area contributed by atoms with Crippen molar-refractivity contribution in [3.05, 3.63) is 34.1 Å². The fraction of sp³-hybridized carbons (Fsp3) is 0.364. The molecule has 0 fully saturated rings. The van der Waals surface area contributed by atoms with Gasteiger partial charge in [0.05, 0.1) is 0 Å². The monoisotopic (exact) mass is 331 g/mol. The van der Waals surface area contributed by atoms with E-state index in [4.69, 9.17) is 23.2 Å². The summed E-state index contributed by atoms with van der Waals surface area (Å²) >= 11 is 11.2. The zero-order chi connectivity index (χ0) is 15.3. The van der Waals surface area contributed by atoms with E-state index in [1.807, 2.05) is 0 Å². The molecule has 1 aromatic carbocycles. The Morgan fingerprint density at radius 1 is 1.40 bits per heavy atom. The first-order valence-corrected chi connectivity index (χ1v) is 6.04. The van der Waals surface area contributed by atoms with Gasteiger partial charge in [0.1, 0.15) is 11.5 Å². The molecule has 9 heteroatoms. The van der Waals surface area contributed by atoms with Gasteiger partial charge in [-0.1, -0.05) is 16.8 Å². The van der Waals surface area contributed by atoms with Crippen LogP contribution in [0.15, 0.2) is 17.3 Å². The van der Waals surface area contributed by atoms with Gasteiger partial charge in [0.15, 0.2) is 5.38 Å². The second kappa shape index (κ2) is 4.75. The minimum absolute atomic E-state index is 0.1000. The van der Waals surface area contributed by atoms with E-state index in [1.54, 1.807) is 0 Å². The van der Waals surface area contributed by atoms with Crippen molar-refractivity contribution in [3.63, 3.8) is 0 Å². The van der Waals surface area contributed by atoms with Crippen LogP contribution in [0.5, 0.6) is 0 Å². The summed E-state index contributed by atoms with van der Waals surface area (Å²) in [6.07, 6.45) is -5.18. The van der Waals surface area contributed by atoms with E-state index in [9.17, 15) is 22.7 Å². The van der Waals surface area contributed by atoms with Gasteiger partial charge in [0.25, 0.3) is 0 Å². The summed E-state index contributed by atoms with van der Waals surface area (Å²) in [5.41, 5.74) is -0.451. The molecule has 2 unspecified atom stereocenters. The smallest absolute Gasteiger partial charge is 0.348 e. The SMILES string of the molecule is Cc1cc(C2=NOC(O)(C(F)(F)F)C2Cl)c(F)cc1Cl. The predicted molar refractivity (Wildman–Crippen MR) is 64.4 cm³/mol. The molecule has 1 aliphatic heterocycles. The van der Waals surface area contributed by atoms with E-state index in [0.29, 0.717) is 5.56 Å². The van der Waals surface area contributed by atoms with E-state index in [1.165, 1.54) is 13.0 Å². The number of alkyl halides is 4. The molecule has 0 aromatic heterocycles. The summed E-state index contributed by atoms with van der Waals surface area (Å²) in [6, 6.07) is 2.10. The molecule has 1 aromatic rings. The molecule has 0 radical (unpaired) electrons. The van der Waals surface area contributed by atoms with Crippen molar-refractivity contribution in [1.29, 1.82) is 0 Å². The average molecular weight is 332 g/mol. The molecule has 0 bridgehead atoms. The highest BCUT2D eigenvalue weighted by molar-refractivity contribution is 6.36. The van der Waals surface area contributed by atoms with Gasteiger partial charge in [0.2, 0.25) is 0 Å². The minimum atomic E-state index is -5.18. The summed E-state index contributed by atoms with van der Waals surface area (Å²) in [6.45, 7) is 1.53. The molecule has 1 aliphatic rings. The van der Waals surface area contributed by atoms with Gasteiger partial charge in [-0.15, -0.1) is 11.6 Å². The van der Waals surface area contributed by atoms with Crippen LogP contribution in [0.4, 0.5) is 17.6 Å². The number of aliphatic hydroxyl groups is 1. The van der Waals surface area contributed by atoms with Gasteiger partial charge < -0.3 is 9.94 Å². The third kappa shape index (κ3) is 2.23. The quantitative estimate of drug-likeness (QED) is 0.633. The molecule has 110 valence electrons. The molecule has 1 heterocycles. The second-order valence-corrected chi connectivity index (χ2v) is 5.05. The number of aryl methyl sites for hydroxylation is 1. The summed E-state index contributed by atoms with van der Waals surface area (Å²) < 4.78 is 51.8. The highest BCUT2D eigenvalue weighted by Crippen LogP contribution is 2.42. The lowest BCUT2D eigenvalue weighted by atomic mass is 10.00. The largest absolute Gasteiger partial charge is 0.459 e. The van der Waals surface area contributed by atoms with E-state index >= 15 is 0 Å². The van der Waals surface area contributed by atoms with Gasteiger partial charge in [-0.05, 0) is 24.6 Å². The fourth-order valence-corrected chi connectivity index (χ4v) is 2.10. The topological polar surface area (TPSA) is 41.8 Å². The Bertz CT molecular complexity index is 591. The minimum Gasteiger partial charge on any atom is -0.348 e. The highest BCUT2D eigenvalue weighted by Gasteiger charge is 2.66. The van der Waals surface area contributed by atoms with Crippen LogP contribution in [0.25, 0.3) is 0 Å².